The number of benzene rings is 2. The summed E-state index contributed by atoms with van der Waals surface area (Å²) in [6, 6.07) is 9.89. The molecule has 1 heterocycles. The van der Waals surface area contributed by atoms with E-state index in [1.165, 1.54) is 6.07 Å². The van der Waals surface area contributed by atoms with E-state index >= 15 is 0 Å². The Hall–Kier alpha value is -2.56. The van der Waals surface area contributed by atoms with Crippen LogP contribution in [0.15, 0.2) is 36.4 Å². The first-order valence-corrected chi connectivity index (χ1v) is 5.44. The third-order valence-electron chi connectivity index (χ3n) is 2.84. The molecular formula is C13H11FN4. The molecule has 0 aliphatic heterocycles. The SMILES string of the molecule is Nc1ccc(-c2n[nH]c3ccc(N)cc23)c(F)c1. The summed E-state index contributed by atoms with van der Waals surface area (Å²) in [5.41, 5.74) is 14.0. The number of fused-ring (bicyclic) bond motifs is 1. The minimum atomic E-state index is -0.397. The van der Waals surface area contributed by atoms with Gasteiger partial charge in [-0.1, -0.05) is 0 Å². The van der Waals surface area contributed by atoms with Gasteiger partial charge in [0.15, 0.2) is 0 Å². The first-order valence-electron chi connectivity index (χ1n) is 5.44. The number of hydrogen-bond acceptors (Lipinski definition) is 3. The van der Waals surface area contributed by atoms with E-state index in [4.69, 9.17) is 11.5 Å². The van der Waals surface area contributed by atoms with Gasteiger partial charge in [-0.15, -0.1) is 0 Å². The molecule has 5 N–H and O–H groups in total. The number of aromatic nitrogens is 2. The first-order chi connectivity index (χ1) is 8.65. The summed E-state index contributed by atoms with van der Waals surface area (Å²) < 4.78 is 13.9. The molecule has 0 aliphatic rings. The van der Waals surface area contributed by atoms with E-state index in [1.54, 1.807) is 24.3 Å². The summed E-state index contributed by atoms with van der Waals surface area (Å²) in [7, 11) is 0. The first kappa shape index (κ1) is 10.6. The van der Waals surface area contributed by atoms with Crippen LogP contribution in [0.5, 0.6) is 0 Å². The summed E-state index contributed by atoms with van der Waals surface area (Å²) in [6.45, 7) is 0. The molecule has 0 atom stereocenters. The molecule has 3 rings (SSSR count). The van der Waals surface area contributed by atoms with E-state index in [-0.39, 0.29) is 0 Å². The number of hydrogen-bond donors (Lipinski definition) is 3. The van der Waals surface area contributed by atoms with Crippen molar-refractivity contribution in [2.75, 3.05) is 11.5 Å². The lowest BCUT2D eigenvalue weighted by Crippen LogP contribution is -1.90. The van der Waals surface area contributed by atoms with Crippen LogP contribution in [-0.2, 0) is 0 Å². The zero-order chi connectivity index (χ0) is 12.7. The summed E-state index contributed by atoms with van der Waals surface area (Å²) in [4.78, 5) is 0. The van der Waals surface area contributed by atoms with Gasteiger partial charge in [0.1, 0.15) is 11.5 Å². The molecule has 0 spiro atoms. The van der Waals surface area contributed by atoms with Crippen molar-refractivity contribution >= 4 is 22.3 Å². The van der Waals surface area contributed by atoms with Crippen LogP contribution >= 0.6 is 0 Å². The lowest BCUT2D eigenvalue weighted by atomic mass is 10.1. The van der Waals surface area contributed by atoms with Gasteiger partial charge in [-0.2, -0.15) is 5.10 Å². The van der Waals surface area contributed by atoms with Gasteiger partial charge in [-0.3, -0.25) is 5.10 Å². The molecule has 4 nitrogen and oxygen atoms in total. The molecule has 2 aromatic carbocycles. The quantitative estimate of drug-likeness (QED) is 0.573. The molecule has 0 aliphatic carbocycles. The molecule has 0 unspecified atom stereocenters. The molecule has 18 heavy (non-hydrogen) atoms. The number of aromatic amines is 1. The van der Waals surface area contributed by atoms with Gasteiger partial charge >= 0.3 is 0 Å². The lowest BCUT2D eigenvalue weighted by molar-refractivity contribution is 0.631. The molecular weight excluding hydrogens is 231 g/mol. The molecule has 0 fully saturated rings. The standard InChI is InChI=1S/C13H11FN4/c14-11-6-8(16)1-3-9(11)13-10-5-7(15)2-4-12(10)17-18-13/h1-6H,15-16H2,(H,17,18). The number of anilines is 2. The van der Waals surface area contributed by atoms with Crippen LogP contribution in [0.3, 0.4) is 0 Å². The second-order valence-electron chi connectivity index (χ2n) is 4.12. The highest BCUT2D eigenvalue weighted by atomic mass is 19.1. The Balaban J connectivity index is 2.28. The van der Waals surface area contributed by atoms with Crippen molar-refractivity contribution in [1.29, 1.82) is 0 Å². The van der Waals surface area contributed by atoms with Crippen molar-refractivity contribution in [2.45, 2.75) is 0 Å². The van der Waals surface area contributed by atoms with Crippen LogP contribution in [0.25, 0.3) is 22.2 Å². The zero-order valence-electron chi connectivity index (χ0n) is 9.44. The van der Waals surface area contributed by atoms with Crippen molar-refractivity contribution in [3.8, 4) is 11.3 Å². The average molecular weight is 242 g/mol. The number of nitrogens with zero attached hydrogens (tertiary/aromatic N) is 1. The summed E-state index contributed by atoms with van der Waals surface area (Å²) >= 11 is 0. The van der Waals surface area contributed by atoms with Crippen molar-refractivity contribution in [3.63, 3.8) is 0 Å². The Morgan fingerprint density at radius 3 is 2.50 bits per heavy atom. The van der Waals surface area contributed by atoms with Crippen molar-refractivity contribution < 1.29 is 4.39 Å². The van der Waals surface area contributed by atoms with Crippen molar-refractivity contribution in [3.05, 3.63) is 42.2 Å². The largest absolute Gasteiger partial charge is 0.399 e. The highest BCUT2D eigenvalue weighted by Crippen LogP contribution is 2.30. The van der Waals surface area contributed by atoms with Gasteiger partial charge in [-0.05, 0) is 36.4 Å². The van der Waals surface area contributed by atoms with Gasteiger partial charge in [0.2, 0.25) is 0 Å². The van der Waals surface area contributed by atoms with Crippen LogP contribution in [0.1, 0.15) is 0 Å². The maximum absolute atomic E-state index is 13.9. The number of nitrogens with two attached hydrogens (primary N) is 2. The molecule has 0 saturated heterocycles. The van der Waals surface area contributed by atoms with Crippen molar-refractivity contribution in [1.82, 2.24) is 10.2 Å². The second kappa shape index (κ2) is 3.73. The number of halogens is 1. The Labute approximate surface area is 102 Å². The normalized spacial score (nSPS) is 10.9. The fourth-order valence-corrected chi connectivity index (χ4v) is 1.96. The monoisotopic (exact) mass is 242 g/mol. The van der Waals surface area contributed by atoms with E-state index in [0.717, 1.165) is 10.9 Å². The molecule has 5 heteroatoms. The van der Waals surface area contributed by atoms with Crippen LogP contribution in [-0.4, -0.2) is 10.2 Å². The zero-order valence-corrected chi connectivity index (χ0v) is 9.44. The van der Waals surface area contributed by atoms with E-state index in [9.17, 15) is 4.39 Å². The van der Waals surface area contributed by atoms with E-state index in [1.807, 2.05) is 6.07 Å². The van der Waals surface area contributed by atoms with Crippen LogP contribution in [0, 0.1) is 5.82 Å². The van der Waals surface area contributed by atoms with E-state index < -0.39 is 5.82 Å². The Bertz CT molecular complexity index is 733. The van der Waals surface area contributed by atoms with Gasteiger partial charge in [0, 0.05) is 22.3 Å². The second-order valence-corrected chi connectivity index (χ2v) is 4.12. The maximum atomic E-state index is 13.9. The minimum Gasteiger partial charge on any atom is -0.399 e. The lowest BCUT2D eigenvalue weighted by Gasteiger charge is -2.02. The van der Waals surface area contributed by atoms with Crippen molar-refractivity contribution in [2.24, 2.45) is 0 Å². The number of nitrogen functional groups attached to an aromatic ring is 2. The van der Waals surface area contributed by atoms with Gasteiger partial charge < -0.3 is 11.5 Å². The highest BCUT2D eigenvalue weighted by molar-refractivity contribution is 5.94. The smallest absolute Gasteiger partial charge is 0.134 e. The fraction of sp³-hybridized carbons (Fsp3) is 0. The Morgan fingerprint density at radius 1 is 1.00 bits per heavy atom. The number of nitrogens with one attached hydrogen (secondary N) is 1. The van der Waals surface area contributed by atoms with Gasteiger partial charge in [0.05, 0.1) is 5.52 Å². The fourth-order valence-electron chi connectivity index (χ4n) is 1.96. The Morgan fingerprint density at radius 2 is 1.72 bits per heavy atom. The van der Waals surface area contributed by atoms with Crippen LogP contribution in [0.4, 0.5) is 15.8 Å². The predicted octanol–water partition coefficient (Wildman–Crippen LogP) is 2.53. The third kappa shape index (κ3) is 1.57. The van der Waals surface area contributed by atoms with Gasteiger partial charge in [-0.25, -0.2) is 4.39 Å². The highest BCUT2D eigenvalue weighted by Gasteiger charge is 2.12. The average Bonchev–Trinajstić information content (AvgIpc) is 2.72. The molecule has 0 bridgehead atoms. The predicted molar refractivity (Wildman–Crippen MR) is 70.3 cm³/mol. The summed E-state index contributed by atoms with van der Waals surface area (Å²) in [6.07, 6.45) is 0. The summed E-state index contributed by atoms with van der Waals surface area (Å²) in [5.74, 6) is -0.397. The van der Waals surface area contributed by atoms with E-state index in [2.05, 4.69) is 10.2 Å². The van der Waals surface area contributed by atoms with Crippen LogP contribution in [0.2, 0.25) is 0 Å². The van der Waals surface area contributed by atoms with Gasteiger partial charge in [0.25, 0.3) is 0 Å². The number of H-pyrrole nitrogens is 1. The third-order valence-corrected chi connectivity index (χ3v) is 2.84. The van der Waals surface area contributed by atoms with E-state index in [0.29, 0.717) is 22.6 Å². The number of rotatable bonds is 1. The molecule has 1 aromatic heterocycles. The molecule has 90 valence electrons. The maximum Gasteiger partial charge on any atom is 0.134 e. The topological polar surface area (TPSA) is 80.7 Å². The molecule has 3 aromatic rings. The summed E-state index contributed by atoms with van der Waals surface area (Å²) in [5, 5.41) is 7.78. The molecule has 0 amide bonds. The Kier molecular flexibility index (Phi) is 2.19. The van der Waals surface area contributed by atoms with Crippen LogP contribution < -0.4 is 11.5 Å². The minimum absolute atomic E-state index is 0.385. The molecule has 0 radical (unpaired) electrons. The molecule has 0 saturated carbocycles.